The summed E-state index contributed by atoms with van der Waals surface area (Å²) in [5.41, 5.74) is 2.93. The zero-order valence-electron chi connectivity index (χ0n) is 16.2. The maximum absolute atomic E-state index is 13.6. The van der Waals surface area contributed by atoms with Gasteiger partial charge < -0.3 is 4.90 Å². The molecule has 0 N–H and O–H groups in total. The predicted molar refractivity (Wildman–Crippen MR) is 116 cm³/mol. The topological polar surface area (TPSA) is 74.8 Å². The molecule has 3 heterocycles. The first kappa shape index (κ1) is 19.6. The molecule has 4 rings (SSSR count). The molecule has 30 heavy (non-hydrogen) atoms. The zero-order chi connectivity index (χ0) is 20.8. The molecular weight excluding hydrogens is 394 g/mol. The van der Waals surface area contributed by atoms with Gasteiger partial charge in [0.2, 0.25) is 0 Å². The Kier molecular flexibility index (Phi) is 5.97. The van der Waals surface area contributed by atoms with Crippen molar-refractivity contribution < 1.29 is 4.79 Å². The van der Waals surface area contributed by atoms with Crippen LogP contribution in [-0.4, -0.2) is 32.1 Å². The van der Waals surface area contributed by atoms with Crippen LogP contribution in [0, 0.1) is 11.3 Å². The molecule has 0 bridgehead atoms. The van der Waals surface area contributed by atoms with E-state index in [0.29, 0.717) is 18.8 Å². The van der Waals surface area contributed by atoms with Crippen molar-refractivity contribution in [3.8, 4) is 22.3 Å². The molecule has 0 saturated carbocycles. The second-order valence-corrected chi connectivity index (χ2v) is 7.58. The number of pyridine rings is 1. The van der Waals surface area contributed by atoms with Crippen LogP contribution in [0.5, 0.6) is 0 Å². The van der Waals surface area contributed by atoms with Crippen LogP contribution in [0.4, 0.5) is 0 Å². The highest BCUT2D eigenvalue weighted by molar-refractivity contribution is 7.13. The van der Waals surface area contributed by atoms with E-state index in [1.54, 1.807) is 33.3 Å². The minimum absolute atomic E-state index is 0.173. The molecule has 0 atom stereocenters. The number of para-hydroxylation sites is 1. The van der Waals surface area contributed by atoms with Crippen molar-refractivity contribution in [3.63, 3.8) is 0 Å². The van der Waals surface area contributed by atoms with Crippen LogP contribution < -0.4 is 0 Å². The summed E-state index contributed by atoms with van der Waals surface area (Å²) < 4.78 is 1.68. The highest BCUT2D eigenvalue weighted by atomic mass is 32.1. The van der Waals surface area contributed by atoms with Gasteiger partial charge in [-0.25, -0.2) is 4.68 Å². The largest absolute Gasteiger partial charge is 0.332 e. The normalized spacial score (nSPS) is 10.5. The molecule has 0 spiro atoms. The maximum Gasteiger partial charge on any atom is 0.272 e. The number of rotatable bonds is 7. The van der Waals surface area contributed by atoms with E-state index in [4.69, 9.17) is 10.4 Å². The molecule has 6 nitrogen and oxygen atoms in total. The third kappa shape index (κ3) is 4.29. The van der Waals surface area contributed by atoms with E-state index in [0.717, 1.165) is 21.8 Å². The van der Waals surface area contributed by atoms with Gasteiger partial charge >= 0.3 is 0 Å². The molecule has 7 heteroatoms. The van der Waals surface area contributed by atoms with Crippen molar-refractivity contribution >= 4 is 17.2 Å². The highest BCUT2D eigenvalue weighted by Gasteiger charge is 2.23. The van der Waals surface area contributed by atoms with Crippen LogP contribution in [0.25, 0.3) is 16.3 Å². The van der Waals surface area contributed by atoms with Gasteiger partial charge in [-0.3, -0.25) is 9.78 Å². The molecule has 0 aliphatic heterocycles. The summed E-state index contributed by atoms with van der Waals surface area (Å²) in [4.78, 5) is 20.4. The van der Waals surface area contributed by atoms with Crippen LogP contribution in [0.15, 0.2) is 78.4 Å². The van der Waals surface area contributed by atoms with Crippen LogP contribution in [0.1, 0.15) is 22.5 Å². The van der Waals surface area contributed by atoms with E-state index in [1.165, 1.54) is 0 Å². The van der Waals surface area contributed by atoms with E-state index >= 15 is 0 Å². The SMILES string of the molecule is N#CCCN(Cc1cccnc1)C(=O)c1cc(-c2cccs2)nn1-c1ccccc1. The Bertz CT molecular complexity index is 1150. The molecule has 0 aliphatic carbocycles. The number of nitrogens with zero attached hydrogens (tertiary/aromatic N) is 5. The Hall–Kier alpha value is -3.76. The summed E-state index contributed by atoms with van der Waals surface area (Å²) in [7, 11) is 0. The lowest BCUT2D eigenvalue weighted by Crippen LogP contribution is -2.33. The fourth-order valence-corrected chi connectivity index (χ4v) is 3.84. The number of hydrogen-bond donors (Lipinski definition) is 0. The fraction of sp³-hybridized carbons (Fsp3) is 0.130. The number of nitriles is 1. The summed E-state index contributed by atoms with van der Waals surface area (Å²) >= 11 is 1.58. The maximum atomic E-state index is 13.6. The molecule has 0 radical (unpaired) electrons. The van der Waals surface area contributed by atoms with Crippen molar-refractivity contribution in [3.05, 3.63) is 89.7 Å². The van der Waals surface area contributed by atoms with Gasteiger partial charge in [0.05, 0.1) is 23.1 Å². The third-order valence-corrected chi connectivity index (χ3v) is 5.47. The molecule has 1 amide bonds. The molecule has 3 aromatic heterocycles. The summed E-state index contributed by atoms with van der Waals surface area (Å²) in [6.07, 6.45) is 3.68. The minimum Gasteiger partial charge on any atom is -0.332 e. The Morgan fingerprint density at radius 1 is 1.13 bits per heavy atom. The van der Waals surface area contributed by atoms with Gasteiger partial charge in [0, 0.05) is 25.5 Å². The van der Waals surface area contributed by atoms with E-state index in [9.17, 15) is 4.79 Å². The molecule has 0 aliphatic rings. The molecule has 0 unspecified atom stereocenters. The smallest absolute Gasteiger partial charge is 0.272 e. The minimum atomic E-state index is -0.173. The average molecular weight is 414 g/mol. The Morgan fingerprint density at radius 3 is 2.70 bits per heavy atom. The van der Waals surface area contributed by atoms with Crippen molar-refractivity contribution in [2.45, 2.75) is 13.0 Å². The van der Waals surface area contributed by atoms with Crippen LogP contribution in [0.2, 0.25) is 0 Å². The van der Waals surface area contributed by atoms with Crippen LogP contribution in [-0.2, 0) is 6.54 Å². The van der Waals surface area contributed by atoms with Crippen LogP contribution >= 0.6 is 11.3 Å². The fourth-order valence-electron chi connectivity index (χ4n) is 3.16. The van der Waals surface area contributed by atoms with Gasteiger partial charge in [0.1, 0.15) is 11.4 Å². The summed E-state index contributed by atoms with van der Waals surface area (Å²) in [5, 5.41) is 15.8. The number of hydrogen-bond acceptors (Lipinski definition) is 5. The van der Waals surface area contributed by atoms with Gasteiger partial charge in [-0.15, -0.1) is 11.3 Å². The lowest BCUT2D eigenvalue weighted by molar-refractivity contribution is 0.0737. The first-order valence-electron chi connectivity index (χ1n) is 9.51. The molecule has 0 saturated heterocycles. The van der Waals surface area contributed by atoms with E-state index in [1.807, 2.05) is 66.0 Å². The van der Waals surface area contributed by atoms with Crippen molar-refractivity contribution in [1.29, 1.82) is 5.26 Å². The van der Waals surface area contributed by atoms with Gasteiger partial charge in [-0.1, -0.05) is 30.3 Å². The summed E-state index contributed by atoms with van der Waals surface area (Å²) in [5.74, 6) is -0.173. The molecule has 1 aromatic carbocycles. The number of carbonyl (C=O) groups is 1. The van der Waals surface area contributed by atoms with E-state index in [2.05, 4.69) is 11.1 Å². The molecular formula is C23H19N5OS. The average Bonchev–Trinajstić information content (AvgIpc) is 3.47. The van der Waals surface area contributed by atoms with Crippen molar-refractivity contribution in [1.82, 2.24) is 19.7 Å². The third-order valence-electron chi connectivity index (χ3n) is 4.58. The number of thiophene rings is 1. The van der Waals surface area contributed by atoms with Gasteiger partial charge in [0.15, 0.2) is 0 Å². The lowest BCUT2D eigenvalue weighted by atomic mass is 10.2. The predicted octanol–water partition coefficient (Wildman–Crippen LogP) is 4.55. The second kappa shape index (κ2) is 9.16. The monoisotopic (exact) mass is 413 g/mol. The Morgan fingerprint density at radius 2 is 2.00 bits per heavy atom. The van der Waals surface area contributed by atoms with Crippen LogP contribution in [0.3, 0.4) is 0 Å². The van der Waals surface area contributed by atoms with Crippen molar-refractivity contribution in [2.24, 2.45) is 0 Å². The molecule has 4 aromatic rings. The number of carbonyl (C=O) groups excluding carboxylic acids is 1. The first-order chi connectivity index (χ1) is 14.8. The van der Waals surface area contributed by atoms with Crippen molar-refractivity contribution in [2.75, 3.05) is 6.54 Å². The first-order valence-corrected chi connectivity index (χ1v) is 10.4. The number of amides is 1. The quantitative estimate of drug-likeness (QED) is 0.445. The summed E-state index contributed by atoms with van der Waals surface area (Å²) in [6.45, 7) is 0.710. The highest BCUT2D eigenvalue weighted by Crippen LogP contribution is 2.26. The van der Waals surface area contributed by atoms with Gasteiger partial charge in [-0.05, 0) is 41.3 Å². The number of benzene rings is 1. The standard InChI is InChI=1S/C23H19N5OS/c24-11-6-13-27(17-18-7-4-12-25-16-18)23(29)21-15-20(22-10-5-14-30-22)26-28(21)19-8-2-1-3-9-19/h1-5,7-10,12,14-16H,6,13,17H2. The van der Waals surface area contributed by atoms with E-state index in [-0.39, 0.29) is 12.3 Å². The second-order valence-electron chi connectivity index (χ2n) is 6.64. The Labute approximate surface area is 178 Å². The zero-order valence-corrected chi connectivity index (χ0v) is 17.0. The van der Waals surface area contributed by atoms with Gasteiger partial charge in [0.25, 0.3) is 5.91 Å². The molecule has 148 valence electrons. The number of aromatic nitrogens is 3. The van der Waals surface area contributed by atoms with Gasteiger partial charge in [-0.2, -0.15) is 10.4 Å². The summed E-state index contributed by atoms with van der Waals surface area (Å²) in [6, 6.07) is 21.3. The molecule has 0 fully saturated rings. The lowest BCUT2D eigenvalue weighted by Gasteiger charge is -2.22. The Balaban J connectivity index is 1.74. The van der Waals surface area contributed by atoms with E-state index < -0.39 is 0 Å².